The number of rotatable bonds is 5. The summed E-state index contributed by atoms with van der Waals surface area (Å²) in [7, 11) is 0. The van der Waals surface area contributed by atoms with Crippen molar-refractivity contribution in [1.82, 2.24) is 24.7 Å². The quantitative estimate of drug-likeness (QED) is 0.774. The maximum absolute atomic E-state index is 12.6. The molecule has 0 radical (unpaired) electrons. The third-order valence-electron chi connectivity index (χ3n) is 4.42. The lowest BCUT2D eigenvalue weighted by atomic mass is 10.2. The van der Waals surface area contributed by atoms with Gasteiger partial charge in [-0.15, -0.1) is 0 Å². The summed E-state index contributed by atoms with van der Waals surface area (Å²) in [5.41, 5.74) is 1.66. The maximum atomic E-state index is 12.6. The van der Waals surface area contributed by atoms with E-state index in [1.54, 1.807) is 29.1 Å². The van der Waals surface area contributed by atoms with Crippen molar-refractivity contribution in [3.63, 3.8) is 0 Å². The van der Waals surface area contributed by atoms with Gasteiger partial charge in [0.25, 0.3) is 5.91 Å². The van der Waals surface area contributed by atoms with Crippen LogP contribution in [0.5, 0.6) is 11.8 Å². The molecule has 7 nitrogen and oxygen atoms in total. The lowest BCUT2D eigenvalue weighted by molar-refractivity contribution is 0.0933. The molecule has 0 bridgehead atoms. The summed E-state index contributed by atoms with van der Waals surface area (Å²) in [4.78, 5) is 25.4. The van der Waals surface area contributed by atoms with Crippen LogP contribution < -0.4 is 10.1 Å². The van der Waals surface area contributed by atoms with E-state index in [1.807, 2.05) is 26.0 Å². The summed E-state index contributed by atoms with van der Waals surface area (Å²) in [5, 5.41) is 3.02. The van der Waals surface area contributed by atoms with Gasteiger partial charge in [-0.3, -0.25) is 9.20 Å². The largest absolute Gasteiger partial charge is 0.421 e. The van der Waals surface area contributed by atoms with E-state index in [0.717, 1.165) is 5.69 Å². The van der Waals surface area contributed by atoms with Gasteiger partial charge in [0.2, 0.25) is 11.8 Å². The number of ether oxygens (including phenoxy) is 1. The first-order valence-corrected chi connectivity index (χ1v) is 8.36. The third-order valence-corrected chi connectivity index (χ3v) is 4.42. The number of nitrogens with zero attached hydrogens (tertiary/aromatic N) is 4. The Morgan fingerprint density at radius 3 is 2.88 bits per heavy atom. The molecule has 25 heavy (non-hydrogen) atoms. The summed E-state index contributed by atoms with van der Waals surface area (Å²) >= 11 is 0. The molecule has 3 aromatic heterocycles. The van der Waals surface area contributed by atoms with Gasteiger partial charge in [-0.25, -0.2) is 9.97 Å². The zero-order valence-corrected chi connectivity index (χ0v) is 14.1. The summed E-state index contributed by atoms with van der Waals surface area (Å²) < 4.78 is 7.49. The Balaban J connectivity index is 1.65. The number of carbonyl (C=O) groups excluding carboxylic acids is 1. The topological polar surface area (TPSA) is 81.4 Å². The molecule has 4 rings (SSSR count). The Bertz CT molecular complexity index is 918. The highest BCUT2D eigenvalue weighted by Gasteiger charge is 2.30. The van der Waals surface area contributed by atoms with E-state index in [1.165, 1.54) is 12.8 Å². The average molecular weight is 337 g/mol. The predicted molar refractivity (Wildman–Crippen MR) is 91.7 cm³/mol. The number of nitrogens with one attached hydrogen (secondary N) is 1. The van der Waals surface area contributed by atoms with Crippen LogP contribution in [0.15, 0.2) is 36.8 Å². The van der Waals surface area contributed by atoms with Gasteiger partial charge in [-0.05, 0) is 38.7 Å². The van der Waals surface area contributed by atoms with Crippen LogP contribution in [0.4, 0.5) is 0 Å². The second kappa shape index (κ2) is 6.16. The predicted octanol–water partition coefficient (Wildman–Crippen LogP) is 2.75. The minimum atomic E-state index is -0.205. The number of amides is 1. The van der Waals surface area contributed by atoms with E-state index in [-0.39, 0.29) is 11.9 Å². The van der Waals surface area contributed by atoms with Gasteiger partial charge in [0.1, 0.15) is 6.33 Å². The smallest absolute Gasteiger partial charge is 0.274 e. The van der Waals surface area contributed by atoms with Crippen LogP contribution >= 0.6 is 0 Å². The molecule has 1 N–H and O–H groups in total. The van der Waals surface area contributed by atoms with Crippen molar-refractivity contribution in [2.24, 2.45) is 5.92 Å². The molecule has 3 aromatic rings. The van der Waals surface area contributed by atoms with Crippen LogP contribution in [0.2, 0.25) is 0 Å². The molecule has 1 unspecified atom stereocenters. The van der Waals surface area contributed by atoms with Gasteiger partial charge in [0.15, 0.2) is 11.3 Å². The lowest BCUT2D eigenvalue weighted by Gasteiger charge is -2.11. The van der Waals surface area contributed by atoms with Crippen molar-refractivity contribution in [1.29, 1.82) is 0 Å². The number of carbonyl (C=O) groups is 1. The first kappa shape index (κ1) is 15.6. The SMILES string of the molecule is Cc1cc(Oc2ccccn2)nc2c(C(=O)NC(C)C3CC3)ncn12. The molecule has 1 fully saturated rings. The van der Waals surface area contributed by atoms with Gasteiger partial charge < -0.3 is 10.1 Å². The molecule has 0 saturated heterocycles. The van der Waals surface area contributed by atoms with E-state index >= 15 is 0 Å². The Labute approximate surface area is 145 Å². The average Bonchev–Trinajstić information content (AvgIpc) is 3.36. The number of hydrogen-bond acceptors (Lipinski definition) is 5. The van der Waals surface area contributed by atoms with Crippen molar-refractivity contribution in [3.05, 3.63) is 48.2 Å². The number of aromatic nitrogens is 4. The van der Waals surface area contributed by atoms with Crippen LogP contribution in [-0.2, 0) is 0 Å². The van der Waals surface area contributed by atoms with Crippen molar-refractivity contribution >= 4 is 11.6 Å². The van der Waals surface area contributed by atoms with Crippen LogP contribution in [-0.4, -0.2) is 31.3 Å². The van der Waals surface area contributed by atoms with Crippen LogP contribution in [0.3, 0.4) is 0 Å². The van der Waals surface area contributed by atoms with E-state index in [2.05, 4.69) is 20.3 Å². The van der Waals surface area contributed by atoms with E-state index in [9.17, 15) is 4.79 Å². The lowest BCUT2D eigenvalue weighted by Crippen LogP contribution is -2.34. The molecule has 1 aliphatic rings. The molecule has 1 aliphatic carbocycles. The zero-order valence-electron chi connectivity index (χ0n) is 14.1. The van der Waals surface area contributed by atoms with Crippen LogP contribution in [0, 0.1) is 12.8 Å². The molecule has 1 amide bonds. The Morgan fingerprint density at radius 1 is 1.32 bits per heavy atom. The van der Waals surface area contributed by atoms with Gasteiger partial charge in [0.05, 0.1) is 0 Å². The fourth-order valence-electron chi connectivity index (χ4n) is 2.81. The number of fused-ring (bicyclic) bond motifs is 1. The first-order valence-electron chi connectivity index (χ1n) is 8.36. The van der Waals surface area contributed by atoms with Crippen molar-refractivity contribution in [2.75, 3.05) is 0 Å². The van der Waals surface area contributed by atoms with Crippen molar-refractivity contribution < 1.29 is 9.53 Å². The molecule has 7 heteroatoms. The highest BCUT2D eigenvalue weighted by Crippen LogP contribution is 2.32. The second-order valence-corrected chi connectivity index (χ2v) is 6.39. The highest BCUT2D eigenvalue weighted by molar-refractivity contribution is 5.98. The standard InChI is InChI=1S/C18H19N5O2/c1-11-9-15(25-14-5-3-4-8-19-14)22-17-16(20-10-23(11)17)18(24)21-12(2)13-6-7-13/h3-5,8-10,12-13H,6-7H2,1-2H3,(H,21,24). The van der Waals surface area contributed by atoms with E-state index in [0.29, 0.717) is 29.0 Å². The molecule has 0 aliphatic heterocycles. The highest BCUT2D eigenvalue weighted by atomic mass is 16.5. The molecule has 1 atom stereocenters. The summed E-state index contributed by atoms with van der Waals surface area (Å²) in [6.07, 6.45) is 5.60. The minimum Gasteiger partial charge on any atom is -0.421 e. The van der Waals surface area contributed by atoms with Crippen LogP contribution in [0.25, 0.3) is 5.65 Å². The molecule has 1 saturated carbocycles. The van der Waals surface area contributed by atoms with Gasteiger partial charge in [-0.1, -0.05) is 6.07 Å². The van der Waals surface area contributed by atoms with Gasteiger partial charge >= 0.3 is 0 Å². The van der Waals surface area contributed by atoms with Crippen molar-refractivity contribution in [3.8, 4) is 11.8 Å². The summed E-state index contributed by atoms with van der Waals surface area (Å²) in [6.45, 7) is 3.94. The molecular weight excluding hydrogens is 318 g/mol. The molecular formula is C18H19N5O2. The normalized spacial score (nSPS) is 15.1. The summed E-state index contributed by atoms with van der Waals surface area (Å²) in [5.74, 6) is 1.21. The molecule has 128 valence electrons. The number of imidazole rings is 1. The monoisotopic (exact) mass is 337 g/mol. The third kappa shape index (κ3) is 3.17. The molecule has 0 aromatic carbocycles. The number of pyridine rings is 1. The first-order chi connectivity index (χ1) is 12.1. The van der Waals surface area contributed by atoms with E-state index < -0.39 is 0 Å². The van der Waals surface area contributed by atoms with Gasteiger partial charge in [0, 0.05) is 30.1 Å². The number of hydrogen-bond donors (Lipinski definition) is 1. The Kier molecular flexibility index (Phi) is 3.83. The molecule has 0 spiro atoms. The summed E-state index contributed by atoms with van der Waals surface area (Å²) in [6, 6.07) is 7.35. The second-order valence-electron chi connectivity index (χ2n) is 6.39. The number of aryl methyl sites for hydroxylation is 1. The zero-order chi connectivity index (χ0) is 17.4. The minimum absolute atomic E-state index is 0.151. The van der Waals surface area contributed by atoms with Gasteiger partial charge in [-0.2, -0.15) is 4.98 Å². The van der Waals surface area contributed by atoms with Crippen LogP contribution in [0.1, 0.15) is 35.9 Å². The maximum Gasteiger partial charge on any atom is 0.274 e. The van der Waals surface area contributed by atoms with E-state index in [4.69, 9.17) is 4.74 Å². The fraction of sp³-hybridized carbons (Fsp3) is 0.333. The van der Waals surface area contributed by atoms with Crippen molar-refractivity contribution in [2.45, 2.75) is 32.7 Å². The fourth-order valence-corrected chi connectivity index (χ4v) is 2.81. The Hall–Kier alpha value is -2.96. The Morgan fingerprint density at radius 2 is 2.16 bits per heavy atom. The molecule has 3 heterocycles.